The van der Waals surface area contributed by atoms with E-state index in [9.17, 15) is 22.8 Å². The fourth-order valence-electron chi connectivity index (χ4n) is 2.71. The molecule has 0 aliphatic heterocycles. The second-order valence-corrected chi connectivity index (χ2v) is 6.19. The Labute approximate surface area is 157 Å². The summed E-state index contributed by atoms with van der Waals surface area (Å²) in [4.78, 5) is 25.2. The average Bonchev–Trinajstić information content (AvgIpc) is 3.05. The van der Waals surface area contributed by atoms with Crippen molar-refractivity contribution >= 4 is 5.91 Å². The number of alkyl halides is 3. The van der Waals surface area contributed by atoms with Crippen molar-refractivity contribution in [2.45, 2.75) is 26.6 Å². The monoisotopic (exact) mass is 391 g/mol. The van der Waals surface area contributed by atoms with E-state index >= 15 is 0 Å². The molecule has 0 aliphatic rings. The van der Waals surface area contributed by atoms with Gasteiger partial charge in [0.15, 0.2) is 0 Å². The Morgan fingerprint density at radius 2 is 1.93 bits per heavy atom. The minimum absolute atomic E-state index is 0.0269. The number of pyridine rings is 1. The molecule has 0 aliphatic carbocycles. The van der Waals surface area contributed by atoms with E-state index in [1.165, 1.54) is 24.3 Å². The summed E-state index contributed by atoms with van der Waals surface area (Å²) in [6.07, 6.45) is -4.54. The summed E-state index contributed by atoms with van der Waals surface area (Å²) in [5, 5.41) is 6.28. The zero-order valence-electron chi connectivity index (χ0n) is 15.0. The third-order valence-electron chi connectivity index (χ3n) is 4.06. The minimum Gasteiger partial charge on any atom is -0.361 e. The van der Waals surface area contributed by atoms with Gasteiger partial charge in [0.2, 0.25) is 0 Å². The fourth-order valence-corrected chi connectivity index (χ4v) is 2.71. The Balaban J connectivity index is 1.94. The van der Waals surface area contributed by atoms with Crippen molar-refractivity contribution in [3.63, 3.8) is 0 Å². The van der Waals surface area contributed by atoms with Crippen molar-refractivity contribution in [3.05, 3.63) is 81.1 Å². The number of hydrogen-bond acceptors (Lipinski definition) is 4. The van der Waals surface area contributed by atoms with Crippen molar-refractivity contribution in [1.29, 1.82) is 0 Å². The quantitative estimate of drug-likeness (QED) is 0.740. The van der Waals surface area contributed by atoms with Gasteiger partial charge >= 0.3 is 6.18 Å². The van der Waals surface area contributed by atoms with E-state index in [0.29, 0.717) is 17.1 Å². The van der Waals surface area contributed by atoms with Crippen LogP contribution in [0.5, 0.6) is 0 Å². The smallest absolute Gasteiger partial charge is 0.361 e. The minimum atomic E-state index is -4.54. The highest BCUT2D eigenvalue weighted by atomic mass is 19.4. The first-order valence-electron chi connectivity index (χ1n) is 8.27. The number of hydrogen-bond donors (Lipinski definition) is 1. The SMILES string of the molecule is Cc1cc(CNC(=O)c2ccc(C)n(-c3cccc(C(F)(F)F)c3)c2=O)no1. The van der Waals surface area contributed by atoms with E-state index in [4.69, 9.17) is 4.52 Å². The van der Waals surface area contributed by atoms with Gasteiger partial charge in [-0.05, 0) is 44.2 Å². The first-order chi connectivity index (χ1) is 13.2. The zero-order valence-corrected chi connectivity index (χ0v) is 15.0. The van der Waals surface area contributed by atoms with E-state index in [1.54, 1.807) is 19.9 Å². The summed E-state index contributed by atoms with van der Waals surface area (Å²) in [5.74, 6) is -0.0853. The summed E-state index contributed by atoms with van der Waals surface area (Å²) >= 11 is 0. The van der Waals surface area contributed by atoms with Crippen LogP contribution in [0.4, 0.5) is 13.2 Å². The van der Waals surface area contributed by atoms with Crippen molar-refractivity contribution < 1.29 is 22.5 Å². The van der Waals surface area contributed by atoms with Crippen molar-refractivity contribution in [2.24, 2.45) is 0 Å². The number of aryl methyl sites for hydroxylation is 2. The lowest BCUT2D eigenvalue weighted by atomic mass is 10.1. The molecule has 2 heterocycles. The first-order valence-corrected chi connectivity index (χ1v) is 8.27. The van der Waals surface area contributed by atoms with Crippen LogP contribution in [0.15, 0.2) is 51.8 Å². The lowest BCUT2D eigenvalue weighted by Crippen LogP contribution is -2.33. The number of aromatic nitrogens is 2. The van der Waals surface area contributed by atoms with Crippen LogP contribution in [0, 0.1) is 13.8 Å². The van der Waals surface area contributed by atoms with Gasteiger partial charge in [0, 0.05) is 17.4 Å². The molecule has 1 N–H and O–H groups in total. The molecule has 6 nitrogen and oxygen atoms in total. The lowest BCUT2D eigenvalue weighted by molar-refractivity contribution is -0.137. The number of halogens is 3. The highest BCUT2D eigenvalue weighted by Crippen LogP contribution is 2.30. The van der Waals surface area contributed by atoms with Crippen LogP contribution in [0.25, 0.3) is 5.69 Å². The zero-order chi connectivity index (χ0) is 20.5. The second kappa shape index (κ2) is 7.34. The molecule has 28 heavy (non-hydrogen) atoms. The number of nitrogens with one attached hydrogen (secondary N) is 1. The second-order valence-electron chi connectivity index (χ2n) is 6.19. The van der Waals surface area contributed by atoms with E-state index in [0.717, 1.165) is 16.7 Å². The van der Waals surface area contributed by atoms with Crippen LogP contribution >= 0.6 is 0 Å². The summed E-state index contributed by atoms with van der Waals surface area (Å²) in [6.45, 7) is 3.32. The molecule has 146 valence electrons. The Morgan fingerprint density at radius 1 is 1.18 bits per heavy atom. The Kier molecular flexibility index (Phi) is 5.08. The predicted molar refractivity (Wildman–Crippen MR) is 94.2 cm³/mol. The summed E-state index contributed by atoms with van der Waals surface area (Å²) in [5.41, 5.74) is -0.882. The normalized spacial score (nSPS) is 11.5. The van der Waals surface area contributed by atoms with Crippen molar-refractivity contribution in [3.8, 4) is 5.69 Å². The van der Waals surface area contributed by atoms with Crippen LogP contribution < -0.4 is 10.9 Å². The molecule has 9 heteroatoms. The summed E-state index contributed by atoms with van der Waals surface area (Å²) in [6, 6.07) is 8.85. The molecule has 0 spiro atoms. The van der Waals surface area contributed by atoms with Crippen LogP contribution in [-0.4, -0.2) is 15.6 Å². The van der Waals surface area contributed by atoms with E-state index in [1.807, 2.05) is 0 Å². The third-order valence-corrected chi connectivity index (χ3v) is 4.06. The number of carbonyl (C=O) groups excluding carboxylic acids is 1. The van der Waals surface area contributed by atoms with Crippen LogP contribution in [0.3, 0.4) is 0 Å². The maximum atomic E-state index is 13.0. The molecule has 0 saturated heterocycles. The fraction of sp³-hybridized carbons (Fsp3) is 0.211. The van der Waals surface area contributed by atoms with Gasteiger partial charge in [-0.2, -0.15) is 13.2 Å². The first kappa shape index (κ1) is 19.4. The molecule has 0 unspecified atom stereocenters. The van der Waals surface area contributed by atoms with Gasteiger partial charge in [0.25, 0.3) is 11.5 Å². The average molecular weight is 391 g/mol. The molecule has 1 aromatic carbocycles. The number of rotatable bonds is 4. The highest BCUT2D eigenvalue weighted by molar-refractivity contribution is 5.93. The third kappa shape index (κ3) is 3.98. The van der Waals surface area contributed by atoms with E-state index in [2.05, 4.69) is 10.5 Å². The van der Waals surface area contributed by atoms with E-state index < -0.39 is 23.2 Å². The highest BCUT2D eigenvalue weighted by Gasteiger charge is 2.30. The topological polar surface area (TPSA) is 77.1 Å². The number of amides is 1. The summed E-state index contributed by atoms with van der Waals surface area (Å²) in [7, 11) is 0. The maximum absolute atomic E-state index is 13.0. The molecule has 0 radical (unpaired) electrons. The van der Waals surface area contributed by atoms with Crippen molar-refractivity contribution in [2.75, 3.05) is 0 Å². The lowest BCUT2D eigenvalue weighted by Gasteiger charge is -2.14. The van der Waals surface area contributed by atoms with Gasteiger partial charge in [-0.15, -0.1) is 0 Å². The molecule has 0 bridgehead atoms. The molecule has 0 saturated carbocycles. The molecule has 3 aromatic rings. The standard InChI is InChI=1S/C19H16F3N3O3/c1-11-6-7-16(17(26)23-10-14-8-12(2)28-24-14)18(27)25(11)15-5-3-4-13(9-15)19(20,21)22/h3-9H,10H2,1-2H3,(H,23,26). The van der Waals surface area contributed by atoms with Crippen LogP contribution in [0.2, 0.25) is 0 Å². The number of nitrogens with zero attached hydrogens (tertiary/aromatic N) is 2. The Morgan fingerprint density at radius 3 is 2.57 bits per heavy atom. The summed E-state index contributed by atoms with van der Waals surface area (Å²) < 4.78 is 44.9. The molecule has 2 aromatic heterocycles. The van der Waals surface area contributed by atoms with Crippen LogP contribution in [0.1, 0.15) is 33.1 Å². The molecule has 0 fully saturated rings. The van der Waals surface area contributed by atoms with Crippen molar-refractivity contribution in [1.82, 2.24) is 15.0 Å². The van der Waals surface area contributed by atoms with Crippen LogP contribution in [-0.2, 0) is 12.7 Å². The predicted octanol–water partition coefficient (Wildman–Crippen LogP) is 3.39. The molecule has 3 rings (SSSR count). The van der Waals surface area contributed by atoms with Gasteiger partial charge in [0.05, 0.1) is 12.1 Å². The van der Waals surface area contributed by atoms with Gasteiger partial charge in [0.1, 0.15) is 17.0 Å². The molecular formula is C19H16F3N3O3. The van der Waals surface area contributed by atoms with Gasteiger partial charge < -0.3 is 9.84 Å². The number of benzene rings is 1. The Bertz CT molecular complexity index is 1080. The Hall–Kier alpha value is -3.36. The molecule has 1 amide bonds. The van der Waals surface area contributed by atoms with Gasteiger partial charge in [-0.3, -0.25) is 14.2 Å². The maximum Gasteiger partial charge on any atom is 0.416 e. The van der Waals surface area contributed by atoms with E-state index in [-0.39, 0.29) is 17.8 Å². The molecule has 0 atom stereocenters. The largest absolute Gasteiger partial charge is 0.416 e. The van der Waals surface area contributed by atoms with Gasteiger partial charge in [-0.1, -0.05) is 11.2 Å². The number of carbonyl (C=O) groups is 1. The molecular weight excluding hydrogens is 375 g/mol. The van der Waals surface area contributed by atoms with Gasteiger partial charge in [-0.25, -0.2) is 0 Å².